The van der Waals surface area contributed by atoms with Crippen LogP contribution in [-0.4, -0.2) is 24.9 Å². The molecule has 3 heterocycles. The number of aromatic amines is 1. The second kappa shape index (κ2) is 6.01. The van der Waals surface area contributed by atoms with Crippen molar-refractivity contribution in [1.82, 2.24) is 18.9 Å². The lowest BCUT2D eigenvalue weighted by atomic mass is 10.4. The maximum absolute atomic E-state index is 11.8. The topological polar surface area (TPSA) is 116 Å². The van der Waals surface area contributed by atoms with E-state index in [0.717, 1.165) is 10.6 Å². The van der Waals surface area contributed by atoms with E-state index in [2.05, 4.69) is 4.98 Å². The van der Waals surface area contributed by atoms with Gasteiger partial charge in [0.15, 0.2) is 4.96 Å². The smallest absolute Gasteiger partial charge is 0.328 e. The lowest BCUT2D eigenvalue weighted by Gasteiger charge is -2.06. The number of esters is 1. The minimum Gasteiger partial charge on any atom is -0.458 e. The van der Waals surface area contributed by atoms with Crippen molar-refractivity contribution in [2.75, 3.05) is 0 Å². The molecule has 23 heavy (non-hydrogen) atoms. The summed E-state index contributed by atoms with van der Waals surface area (Å²) in [4.78, 5) is 52.6. The number of thiazole rings is 1. The van der Waals surface area contributed by atoms with E-state index in [-0.39, 0.29) is 18.7 Å². The maximum atomic E-state index is 11.8. The SMILES string of the molecule is O=C(Cn1ccc(=O)[nH]c1=O)OCc1cc(=O)n2ccsc2n1. The first-order valence-electron chi connectivity index (χ1n) is 6.44. The Labute approximate surface area is 131 Å². The molecular weight excluding hydrogens is 324 g/mol. The summed E-state index contributed by atoms with van der Waals surface area (Å²) in [6.07, 6.45) is 2.80. The van der Waals surface area contributed by atoms with Gasteiger partial charge in [-0.25, -0.2) is 9.78 Å². The van der Waals surface area contributed by atoms with Crippen molar-refractivity contribution in [3.63, 3.8) is 0 Å². The molecule has 118 valence electrons. The Bertz CT molecular complexity index is 1040. The fourth-order valence-electron chi connectivity index (χ4n) is 1.87. The largest absolute Gasteiger partial charge is 0.458 e. The zero-order valence-corrected chi connectivity index (χ0v) is 12.4. The second-order valence-electron chi connectivity index (χ2n) is 4.54. The van der Waals surface area contributed by atoms with Crippen LogP contribution in [0.1, 0.15) is 5.69 Å². The summed E-state index contributed by atoms with van der Waals surface area (Å²) in [5.74, 6) is -0.688. The van der Waals surface area contributed by atoms with Gasteiger partial charge >= 0.3 is 11.7 Å². The van der Waals surface area contributed by atoms with Gasteiger partial charge < -0.3 is 4.74 Å². The molecule has 0 aliphatic heterocycles. The van der Waals surface area contributed by atoms with Gasteiger partial charge in [-0.1, -0.05) is 0 Å². The highest BCUT2D eigenvalue weighted by Crippen LogP contribution is 2.07. The van der Waals surface area contributed by atoms with Gasteiger partial charge in [0.2, 0.25) is 0 Å². The summed E-state index contributed by atoms with van der Waals surface area (Å²) in [7, 11) is 0. The van der Waals surface area contributed by atoms with E-state index in [1.807, 2.05) is 4.98 Å². The van der Waals surface area contributed by atoms with Crippen molar-refractivity contribution in [2.45, 2.75) is 13.2 Å². The molecular formula is C13H10N4O5S. The van der Waals surface area contributed by atoms with Gasteiger partial charge in [-0.15, -0.1) is 11.3 Å². The molecule has 0 fully saturated rings. The van der Waals surface area contributed by atoms with Crippen molar-refractivity contribution in [3.8, 4) is 0 Å². The zero-order chi connectivity index (χ0) is 16.4. The van der Waals surface area contributed by atoms with E-state index < -0.39 is 17.2 Å². The Kier molecular flexibility index (Phi) is 3.89. The monoisotopic (exact) mass is 334 g/mol. The summed E-state index contributed by atoms with van der Waals surface area (Å²) in [6.45, 7) is -0.531. The number of carbonyl (C=O) groups is 1. The standard InChI is InChI=1S/C13H10N4O5S/c18-9-1-2-16(12(21)15-9)6-11(20)22-7-8-5-10(19)17-3-4-23-13(17)14-8/h1-5H,6-7H2,(H,15,18,21). The van der Waals surface area contributed by atoms with Gasteiger partial charge in [-0.05, 0) is 0 Å². The molecule has 10 heteroatoms. The maximum Gasteiger partial charge on any atom is 0.328 e. The molecule has 0 aliphatic rings. The summed E-state index contributed by atoms with van der Waals surface area (Å²) in [5, 5.41) is 1.72. The van der Waals surface area contributed by atoms with E-state index >= 15 is 0 Å². The molecule has 0 amide bonds. The molecule has 9 nitrogen and oxygen atoms in total. The number of ether oxygens (including phenoxy) is 1. The van der Waals surface area contributed by atoms with E-state index in [9.17, 15) is 19.2 Å². The lowest BCUT2D eigenvalue weighted by molar-refractivity contribution is -0.145. The van der Waals surface area contributed by atoms with E-state index in [1.54, 1.807) is 11.6 Å². The number of hydrogen-bond acceptors (Lipinski definition) is 7. The predicted molar refractivity (Wildman–Crippen MR) is 80.5 cm³/mol. The number of fused-ring (bicyclic) bond motifs is 1. The molecule has 3 aromatic heterocycles. The predicted octanol–water partition coefficient (Wildman–Crippen LogP) is -0.651. The van der Waals surface area contributed by atoms with Crippen molar-refractivity contribution < 1.29 is 9.53 Å². The molecule has 0 bridgehead atoms. The number of rotatable bonds is 4. The van der Waals surface area contributed by atoms with Crippen molar-refractivity contribution in [3.05, 3.63) is 66.8 Å². The molecule has 0 spiro atoms. The first-order chi connectivity index (χ1) is 11.0. The summed E-state index contributed by atoms with van der Waals surface area (Å²) in [5.41, 5.74) is -1.20. The fraction of sp³-hybridized carbons (Fsp3) is 0.154. The zero-order valence-electron chi connectivity index (χ0n) is 11.6. The fourth-order valence-corrected chi connectivity index (χ4v) is 2.61. The van der Waals surface area contributed by atoms with Crippen LogP contribution in [-0.2, 0) is 22.7 Å². The van der Waals surface area contributed by atoms with Crippen LogP contribution in [0.15, 0.2) is 44.3 Å². The molecule has 1 N–H and O–H groups in total. The summed E-state index contributed by atoms with van der Waals surface area (Å²) >= 11 is 1.29. The number of aromatic nitrogens is 4. The Morgan fingerprint density at radius 3 is 2.91 bits per heavy atom. The Balaban J connectivity index is 1.69. The lowest BCUT2D eigenvalue weighted by Crippen LogP contribution is -2.31. The summed E-state index contributed by atoms with van der Waals surface area (Å²) < 4.78 is 7.39. The third-order valence-corrected chi connectivity index (χ3v) is 3.69. The molecule has 0 aliphatic carbocycles. The molecule has 0 unspecified atom stereocenters. The van der Waals surface area contributed by atoms with Gasteiger partial charge in [-0.2, -0.15) is 0 Å². The van der Waals surface area contributed by atoms with Crippen LogP contribution in [0.5, 0.6) is 0 Å². The molecule has 0 atom stereocenters. The second-order valence-corrected chi connectivity index (χ2v) is 5.41. The Morgan fingerprint density at radius 1 is 1.30 bits per heavy atom. The quantitative estimate of drug-likeness (QED) is 0.634. The first kappa shape index (κ1) is 14.9. The Morgan fingerprint density at radius 2 is 2.13 bits per heavy atom. The highest BCUT2D eigenvalue weighted by Gasteiger charge is 2.09. The van der Waals surface area contributed by atoms with Crippen molar-refractivity contribution in [1.29, 1.82) is 0 Å². The molecule has 0 saturated carbocycles. The van der Waals surface area contributed by atoms with Crippen LogP contribution in [0.25, 0.3) is 4.96 Å². The molecule has 0 radical (unpaired) electrons. The van der Waals surface area contributed by atoms with Crippen LogP contribution in [0.2, 0.25) is 0 Å². The normalized spacial score (nSPS) is 10.8. The molecule has 3 aromatic rings. The highest BCUT2D eigenvalue weighted by atomic mass is 32.1. The van der Waals surface area contributed by atoms with Crippen molar-refractivity contribution >= 4 is 22.3 Å². The number of nitrogens with zero attached hydrogens (tertiary/aromatic N) is 3. The van der Waals surface area contributed by atoms with Crippen LogP contribution in [0.4, 0.5) is 0 Å². The van der Waals surface area contributed by atoms with Crippen LogP contribution < -0.4 is 16.8 Å². The first-order valence-corrected chi connectivity index (χ1v) is 7.32. The van der Waals surface area contributed by atoms with Crippen LogP contribution in [0.3, 0.4) is 0 Å². The van der Waals surface area contributed by atoms with E-state index in [0.29, 0.717) is 10.7 Å². The van der Waals surface area contributed by atoms with Crippen LogP contribution >= 0.6 is 11.3 Å². The van der Waals surface area contributed by atoms with Gasteiger partial charge in [0.1, 0.15) is 13.2 Å². The van der Waals surface area contributed by atoms with Crippen LogP contribution in [0, 0.1) is 0 Å². The number of H-pyrrole nitrogens is 1. The average molecular weight is 334 g/mol. The number of carbonyl (C=O) groups excluding carboxylic acids is 1. The minimum atomic E-state index is -0.703. The van der Waals surface area contributed by atoms with E-state index in [4.69, 9.17) is 4.74 Å². The van der Waals surface area contributed by atoms with Gasteiger partial charge in [0.25, 0.3) is 11.1 Å². The molecule has 3 rings (SSSR count). The number of nitrogens with one attached hydrogen (secondary N) is 1. The third-order valence-electron chi connectivity index (χ3n) is 2.93. The van der Waals surface area contributed by atoms with Gasteiger partial charge in [0.05, 0.1) is 5.69 Å². The van der Waals surface area contributed by atoms with Gasteiger partial charge in [-0.3, -0.25) is 28.3 Å². The third kappa shape index (κ3) is 3.26. The van der Waals surface area contributed by atoms with E-state index in [1.165, 1.54) is 28.0 Å². The number of hydrogen-bond donors (Lipinski definition) is 1. The average Bonchev–Trinajstić information content (AvgIpc) is 2.97. The highest BCUT2D eigenvalue weighted by molar-refractivity contribution is 7.15. The summed E-state index contributed by atoms with van der Waals surface area (Å²) in [6, 6.07) is 2.40. The van der Waals surface area contributed by atoms with Gasteiger partial charge in [0, 0.05) is 29.9 Å². The van der Waals surface area contributed by atoms with Crippen molar-refractivity contribution in [2.24, 2.45) is 0 Å². The molecule has 0 saturated heterocycles. The Hall–Kier alpha value is -3.01. The molecule has 0 aromatic carbocycles. The minimum absolute atomic E-state index is 0.180.